The van der Waals surface area contributed by atoms with Crippen LogP contribution < -0.4 is 16.0 Å². The van der Waals surface area contributed by atoms with Crippen LogP contribution in [0.4, 0.5) is 11.9 Å². The highest BCUT2D eigenvalue weighted by Gasteiger charge is 2.08. The Labute approximate surface area is 122 Å². The van der Waals surface area contributed by atoms with Crippen LogP contribution >= 0.6 is 0 Å². The van der Waals surface area contributed by atoms with Crippen molar-refractivity contribution in [1.29, 1.82) is 0 Å². The van der Waals surface area contributed by atoms with Crippen molar-refractivity contribution in [2.45, 2.75) is 13.3 Å². The molecule has 2 heterocycles. The molecule has 0 aliphatic rings. The van der Waals surface area contributed by atoms with E-state index in [2.05, 4.69) is 42.8 Å². The van der Waals surface area contributed by atoms with Crippen molar-refractivity contribution in [3.63, 3.8) is 0 Å². The van der Waals surface area contributed by atoms with Crippen molar-refractivity contribution in [2.75, 3.05) is 30.8 Å². The molecule has 2 aromatic rings. The van der Waals surface area contributed by atoms with Gasteiger partial charge in [-0.1, -0.05) is 6.92 Å². The van der Waals surface area contributed by atoms with Gasteiger partial charge in [-0.2, -0.15) is 15.0 Å². The van der Waals surface area contributed by atoms with E-state index in [9.17, 15) is 4.79 Å². The van der Waals surface area contributed by atoms with Crippen molar-refractivity contribution >= 4 is 17.8 Å². The van der Waals surface area contributed by atoms with Gasteiger partial charge in [-0.05, 0) is 6.42 Å². The van der Waals surface area contributed by atoms with Crippen molar-refractivity contribution in [3.05, 3.63) is 18.7 Å². The van der Waals surface area contributed by atoms with E-state index < -0.39 is 0 Å². The Morgan fingerprint density at radius 1 is 1.24 bits per heavy atom. The van der Waals surface area contributed by atoms with E-state index >= 15 is 0 Å². The Balaban J connectivity index is 2.22. The summed E-state index contributed by atoms with van der Waals surface area (Å²) in [5.41, 5.74) is 0. The van der Waals surface area contributed by atoms with Crippen LogP contribution in [0, 0.1) is 0 Å². The quantitative estimate of drug-likeness (QED) is 0.660. The number of carbonyl (C=O) groups excluding carboxylic acids is 1. The van der Waals surface area contributed by atoms with E-state index in [1.54, 1.807) is 30.3 Å². The average Bonchev–Trinajstić information content (AvgIpc) is 3.04. The molecule has 1 amide bonds. The van der Waals surface area contributed by atoms with Crippen molar-refractivity contribution in [3.8, 4) is 5.95 Å². The zero-order valence-corrected chi connectivity index (χ0v) is 12.0. The molecule has 2 rings (SSSR count). The van der Waals surface area contributed by atoms with Gasteiger partial charge in [0, 0.05) is 26.0 Å². The number of rotatable bonds is 7. The number of imidazole rings is 1. The zero-order chi connectivity index (χ0) is 15.1. The summed E-state index contributed by atoms with van der Waals surface area (Å²) < 4.78 is 1.67. The average molecular weight is 290 g/mol. The lowest BCUT2D eigenvalue weighted by atomic mass is 10.5. The number of hydrogen-bond acceptors (Lipinski definition) is 7. The van der Waals surface area contributed by atoms with E-state index in [-0.39, 0.29) is 12.5 Å². The standard InChI is InChI=1S/C12H18N8O/c1-3-4-15-10-17-11(16-7-9(21)13-2)19-12(18-10)20-6-5-14-8-20/h5-6,8H,3-4,7H2,1-2H3,(H,13,21)(H2,15,16,17,18,19). The molecule has 9 heteroatoms. The highest BCUT2D eigenvalue weighted by molar-refractivity contribution is 5.79. The van der Waals surface area contributed by atoms with Gasteiger partial charge in [0.05, 0.1) is 6.54 Å². The van der Waals surface area contributed by atoms with Crippen molar-refractivity contribution in [1.82, 2.24) is 29.8 Å². The summed E-state index contributed by atoms with van der Waals surface area (Å²) in [6, 6.07) is 0. The first-order chi connectivity index (χ1) is 10.2. The Hall–Kier alpha value is -2.71. The lowest BCUT2D eigenvalue weighted by molar-refractivity contribution is -0.118. The highest BCUT2D eigenvalue weighted by Crippen LogP contribution is 2.09. The molecule has 0 aliphatic heterocycles. The minimum absolute atomic E-state index is 0.0943. The molecule has 21 heavy (non-hydrogen) atoms. The van der Waals surface area contributed by atoms with Crippen LogP contribution in [0.25, 0.3) is 5.95 Å². The molecule has 0 unspecified atom stereocenters. The van der Waals surface area contributed by atoms with Crippen LogP contribution in [0.2, 0.25) is 0 Å². The summed E-state index contributed by atoms with van der Waals surface area (Å²) in [5, 5.41) is 8.49. The van der Waals surface area contributed by atoms with Gasteiger partial charge in [-0.25, -0.2) is 4.98 Å². The van der Waals surface area contributed by atoms with Gasteiger partial charge >= 0.3 is 0 Å². The van der Waals surface area contributed by atoms with Gasteiger partial charge in [-0.3, -0.25) is 9.36 Å². The van der Waals surface area contributed by atoms with Gasteiger partial charge in [0.25, 0.3) is 0 Å². The molecule has 2 aromatic heterocycles. The fourth-order valence-corrected chi connectivity index (χ4v) is 1.50. The predicted molar refractivity (Wildman–Crippen MR) is 78.3 cm³/mol. The number of hydrogen-bond donors (Lipinski definition) is 3. The summed E-state index contributed by atoms with van der Waals surface area (Å²) in [4.78, 5) is 28.0. The first-order valence-electron chi connectivity index (χ1n) is 6.65. The maximum Gasteiger partial charge on any atom is 0.241 e. The van der Waals surface area contributed by atoms with Crippen LogP contribution in [0.15, 0.2) is 18.7 Å². The number of carbonyl (C=O) groups is 1. The number of nitrogens with one attached hydrogen (secondary N) is 3. The summed E-state index contributed by atoms with van der Waals surface area (Å²) >= 11 is 0. The molecule has 9 nitrogen and oxygen atoms in total. The topological polar surface area (TPSA) is 110 Å². The molecule has 112 valence electrons. The molecule has 0 spiro atoms. The van der Waals surface area contributed by atoms with Gasteiger partial charge in [0.1, 0.15) is 6.33 Å². The molecule has 0 fully saturated rings. The van der Waals surface area contributed by atoms with E-state index in [0.717, 1.165) is 13.0 Å². The maximum absolute atomic E-state index is 11.3. The molecule has 3 N–H and O–H groups in total. The Bertz CT molecular complexity index is 583. The number of nitrogens with zero attached hydrogens (tertiary/aromatic N) is 5. The van der Waals surface area contributed by atoms with Crippen molar-refractivity contribution < 1.29 is 4.79 Å². The molecule has 0 saturated carbocycles. The van der Waals surface area contributed by atoms with Gasteiger partial charge in [0.15, 0.2) is 0 Å². The second-order valence-electron chi connectivity index (χ2n) is 4.21. The van der Waals surface area contributed by atoms with Crippen LogP contribution in [-0.4, -0.2) is 50.5 Å². The molecule has 0 aliphatic carbocycles. The zero-order valence-electron chi connectivity index (χ0n) is 12.0. The Morgan fingerprint density at radius 3 is 2.62 bits per heavy atom. The molecule has 0 saturated heterocycles. The second kappa shape index (κ2) is 7.17. The minimum Gasteiger partial charge on any atom is -0.358 e. The normalized spacial score (nSPS) is 10.2. The van der Waals surface area contributed by atoms with Gasteiger partial charge in [0.2, 0.25) is 23.8 Å². The van der Waals surface area contributed by atoms with Crippen LogP contribution in [0.1, 0.15) is 13.3 Å². The lowest BCUT2D eigenvalue weighted by Crippen LogP contribution is -2.27. The highest BCUT2D eigenvalue weighted by atomic mass is 16.1. The summed E-state index contributed by atoms with van der Waals surface area (Å²) in [5.74, 6) is 1.06. The number of aromatic nitrogens is 5. The Kier molecular flexibility index (Phi) is 5.02. The second-order valence-corrected chi connectivity index (χ2v) is 4.21. The van der Waals surface area contributed by atoms with Crippen molar-refractivity contribution in [2.24, 2.45) is 0 Å². The number of amides is 1. The first kappa shape index (κ1) is 14.7. The largest absolute Gasteiger partial charge is 0.358 e. The summed E-state index contributed by atoms with van der Waals surface area (Å²) in [7, 11) is 1.57. The lowest BCUT2D eigenvalue weighted by Gasteiger charge is -2.09. The van der Waals surface area contributed by atoms with Gasteiger partial charge < -0.3 is 16.0 Å². The number of anilines is 2. The molecule has 0 radical (unpaired) electrons. The third kappa shape index (κ3) is 4.13. The monoisotopic (exact) mass is 290 g/mol. The number of likely N-dealkylation sites (N-methyl/N-ethyl adjacent to an activating group) is 1. The Morgan fingerprint density at radius 2 is 2.00 bits per heavy atom. The predicted octanol–water partition coefficient (Wildman–Crippen LogP) is 0.0371. The maximum atomic E-state index is 11.3. The van der Waals surface area contributed by atoms with E-state index in [0.29, 0.717) is 17.8 Å². The molecule has 0 bridgehead atoms. The van der Waals surface area contributed by atoms with E-state index in [1.165, 1.54) is 0 Å². The third-order valence-corrected chi connectivity index (χ3v) is 2.58. The van der Waals surface area contributed by atoms with Crippen LogP contribution in [-0.2, 0) is 4.79 Å². The first-order valence-corrected chi connectivity index (χ1v) is 6.65. The summed E-state index contributed by atoms with van der Waals surface area (Å²) in [6.45, 7) is 2.90. The van der Waals surface area contributed by atoms with Gasteiger partial charge in [-0.15, -0.1) is 0 Å². The molecule has 0 aromatic carbocycles. The fraction of sp³-hybridized carbons (Fsp3) is 0.417. The molecular formula is C12H18N8O. The van der Waals surface area contributed by atoms with Crippen LogP contribution in [0.3, 0.4) is 0 Å². The van der Waals surface area contributed by atoms with Crippen LogP contribution in [0.5, 0.6) is 0 Å². The SMILES string of the molecule is CCCNc1nc(NCC(=O)NC)nc(-n2ccnc2)n1. The van der Waals surface area contributed by atoms with E-state index in [4.69, 9.17) is 0 Å². The molecular weight excluding hydrogens is 272 g/mol. The van der Waals surface area contributed by atoms with E-state index in [1.807, 2.05) is 0 Å². The third-order valence-electron chi connectivity index (χ3n) is 2.58. The summed E-state index contributed by atoms with van der Waals surface area (Å²) in [6.07, 6.45) is 5.93. The molecule has 0 atom stereocenters. The fourth-order valence-electron chi connectivity index (χ4n) is 1.50. The smallest absolute Gasteiger partial charge is 0.241 e. The minimum atomic E-state index is -0.150.